The van der Waals surface area contributed by atoms with Crippen molar-refractivity contribution in [2.45, 2.75) is 64.8 Å². The maximum absolute atomic E-state index is 4.55. The lowest BCUT2D eigenvalue weighted by atomic mass is 9.94. The molecule has 1 saturated carbocycles. The zero-order chi connectivity index (χ0) is 10.8. The minimum absolute atomic E-state index is 0.542. The fourth-order valence-electron chi connectivity index (χ4n) is 2.71. The molecule has 0 amide bonds. The van der Waals surface area contributed by atoms with Gasteiger partial charge in [-0.25, -0.2) is 4.98 Å². The van der Waals surface area contributed by atoms with Crippen molar-refractivity contribution in [1.29, 1.82) is 0 Å². The lowest BCUT2D eigenvalue weighted by Crippen LogP contribution is -2.17. The van der Waals surface area contributed by atoms with Crippen molar-refractivity contribution in [2.75, 3.05) is 0 Å². The van der Waals surface area contributed by atoms with E-state index in [1.807, 2.05) is 6.20 Å². The molecule has 0 radical (unpaired) electrons. The number of rotatable bonds is 2. The number of nitrogens with zero attached hydrogens (tertiary/aromatic N) is 2. The van der Waals surface area contributed by atoms with Crippen LogP contribution >= 0.6 is 0 Å². The van der Waals surface area contributed by atoms with Crippen LogP contribution in [0.15, 0.2) is 6.20 Å². The third-order valence-electron chi connectivity index (χ3n) is 3.47. The fraction of sp³-hybridized carbons (Fsp3) is 0.769. The highest BCUT2D eigenvalue weighted by Crippen LogP contribution is 2.31. The quantitative estimate of drug-likeness (QED) is 0.719. The first kappa shape index (κ1) is 10.7. The number of aryl methyl sites for hydroxylation is 1. The smallest absolute Gasteiger partial charge is 0.111 e. The average Bonchev–Trinajstić information content (AvgIpc) is 2.61. The van der Waals surface area contributed by atoms with E-state index < -0.39 is 0 Å². The van der Waals surface area contributed by atoms with Crippen molar-refractivity contribution in [2.24, 2.45) is 0 Å². The van der Waals surface area contributed by atoms with Crippen LogP contribution in [0.3, 0.4) is 0 Å². The van der Waals surface area contributed by atoms with Gasteiger partial charge >= 0.3 is 0 Å². The van der Waals surface area contributed by atoms with E-state index in [0.717, 1.165) is 6.04 Å². The number of hydrogen-bond donors (Lipinski definition) is 0. The Labute approximate surface area is 92.7 Å². The number of imidazole rings is 1. The van der Waals surface area contributed by atoms with E-state index in [2.05, 4.69) is 30.3 Å². The summed E-state index contributed by atoms with van der Waals surface area (Å²) in [4.78, 5) is 4.55. The molecule has 1 aliphatic carbocycles. The molecule has 1 heterocycles. The molecule has 0 N–H and O–H groups in total. The normalized spacial score (nSPS) is 18.7. The highest BCUT2D eigenvalue weighted by molar-refractivity contribution is 5.08. The predicted molar refractivity (Wildman–Crippen MR) is 63.2 cm³/mol. The van der Waals surface area contributed by atoms with Crippen LogP contribution in [0.2, 0.25) is 0 Å². The van der Waals surface area contributed by atoms with E-state index in [1.54, 1.807) is 0 Å². The molecule has 0 bridgehead atoms. The fourth-order valence-corrected chi connectivity index (χ4v) is 2.71. The second-order valence-corrected chi connectivity index (χ2v) is 5.07. The molecule has 1 aromatic heterocycles. The minimum atomic E-state index is 0.542. The van der Waals surface area contributed by atoms with E-state index >= 15 is 0 Å². The Bertz CT molecular complexity index is 319. The molecule has 2 rings (SSSR count). The van der Waals surface area contributed by atoms with Gasteiger partial charge in [-0.3, -0.25) is 0 Å². The van der Waals surface area contributed by atoms with Crippen LogP contribution in [0, 0.1) is 6.92 Å². The van der Waals surface area contributed by atoms with Crippen molar-refractivity contribution < 1.29 is 0 Å². The Morgan fingerprint density at radius 1 is 1.27 bits per heavy atom. The van der Waals surface area contributed by atoms with E-state index in [-0.39, 0.29) is 0 Å². The van der Waals surface area contributed by atoms with Crippen LogP contribution in [-0.4, -0.2) is 9.55 Å². The van der Waals surface area contributed by atoms with Crippen molar-refractivity contribution in [3.8, 4) is 0 Å². The van der Waals surface area contributed by atoms with Gasteiger partial charge in [-0.05, 0) is 19.8 Å². The molecule has 1 fully saturated rings. The Morgan fingerprint density at radius 3 is 2.53 bits per heavy atom. The lowest BCUT2D eigenvalue weighted by molar-refractivity contribution is 0.338. The van der Waals surface area contributed by atoms with Gasteiger partial charge in [0, 0.05) is 23.9 Å². The van der Waals surface area contributed by atoms with Crippen LogP contribution in [0.4, 0.5) is 0 Å². The Hall–Kier alpha value is -0.790. The van der Waals surface area contributed by atoms with Gasteiger partial charge in [-0.1, -0.05) is 33.1 Å². The van der Waals surface area contributed by atoms with Gasteiger partial charge < -0.3 is 4.57 Å². The van der Waals surface area contributed by atoms with Crippen LogP contribution < -0.4 is 0 Å². The molecule has 0 aliphatic heterocycles. The third kappa shape index (κ3) is 2.09. The molecule has 0 atom stereocenters. The van der Waals surface area contributed by atoms with Gasteiger partial charge in [0.25, 0.3) is 0 Å². The molecule has 0 aromatic carbocycles. The Kier molecular flexibility index (Phi) is 3.13. The minimum Gasteiger partial charge on any atom is -0.329 e. The van der Waals surface area contributed by atoms with E-state index in [1.165, 1.54) is 43.6 Å². The highest BCUT2D eigenvalue weighted by atomic mass is 15.1. The molecular formula is C13H22N2. The summed E-state index contributed by atoms with van der Waals surface area (Å²) in [5.41, 5.74) is 1.34. The summed E-state index contributed by atoms with van der Waals surface area (Å²) in [7, 11) is 0. The molecule has 15 heavy (non-hydrogen) atoms. The Balaban J connectivity index is 2.28. The zero-order valence-corrected chi connectivity index (χ0v) is 10.2. The van der Waals surface area contributed by atoms with E-state index in [0.29, 0.717) is 5.92 Å². The summed E-state index contributed by atoms with van der Waals surface area (Å²) >= 11 is 0. The average molecular weight is 206 g/mol. The van der Waals surface area contributed by atoms with Crippen molar-refractivity contribution in [3.05, 3.63) is 17.7 Å². The summed E-state index contributed by atoms with van der Waals surface area (Å²) in [6.45, 7) is 6.66. The molecule has 84 valence electrons. The van der Waals surface area contributed by atoms with Gasteiger partial charge in [0.2, 0.25) is 0 Å². The third-order valence-corrected chi connectivity index (χ3v) is 3.47. The summed E-state index contributed by atoms with van der Waals surface area (Å²) in [6, 6.07) is 0.721. The summed E-state index contributed by atoms with van der Waals surface area (Å²) in [5.74, 6) is 1.82. The summed E-state index contributed by atoms with van der Waals surface area (Å²) in [5, 5.41) is 0. The molecule has 1 aliphatic rings. The molecular weight excluding hydrogens is 184 g/mol. The number of aromatic nitrogens is 2. The van der Waals surface area contributed by atoms with E-state index in [4.69, 9.17) is 0 Å². The standard InChI is InChI=1S/C13H22N2/c1-10(2)13-14-9-11(3)15(13)12-7-5-4-6-8-12/h9-10,12H,4-8H2,1-3H3. The molecule has 0 saturated heterocycles. The maximum atomic E-state index is 4.55. The van der Waals surface area contributed by atoms with Gasteiger partial charge in [0.05, 0.1) is 0 Å². The van der Waals surface area contributed by atoms with Crippen LogP contribution in [0.25, 0.3) is 0 Å². The number of hydrogen-bond acceptors (Lipinski definition) is 1. The zero-order valence-electron chi connectivity index (χ0n) is 10.2. The van der Waals surface area contributed by atoms with Gasteiger partial charge in [-0.2, -0.15) is 0 Å². The van der Waals surface area contributed by atoms with Gasteiger partial charge in [0.1, 0.15) is 5.82 Å². The summed E-state index contributed by atoms with van der Waals surface area (Å²) in [6.07, 6.45) is 8.92. The second-order valence-electron chi connectivity index (χ2n) is 5.07. The van der Waals surface area contributed by atoms with Crippen molar-refractivity contribution in [3.63, 3.8) is 0 Å². The molecule has 1 aromatic rings. The SMILES string of the molecule is Cc1cnc(C(C)C)n1C1CCCCC1. The van der Waals surface area contributed by atoms with Crippen LogP contribution in [0.5, 0.6) is 0 Å². The summed E-state index contributed by atoms with van der Waals surface area (Å²) < 4.78 is 2.49. The van der Waals surface area contributed by atoms with Crippen molar-refractivity contribution in [1.82, 2.24) is 9.55 Å². The second kappa shape index (κ2) is 4.38. The van der Waals surface area contributed by atoms with Crippen LogP contribution in [0.1, 0.15) is 69.4 Å². The van der Waals surface area contributed by atoms with Crippen LogP contribution in [-0.2, 0) is 0 Å². The lowest BCUT2D eigenvalue weighted by Gasteiger charge is -2.27. The molecule has 0 unspecified atom stereocenters. The van der Waals surface area contributed by atoms with Gasteiger partial charge in [0.15, 0.2) is 0 Å². The maximum Gasteiger partial charge on any atom is 0.111 e. The first-order valence-electron chi connectivity index (χ1n) is 6.24. The first-order valence-corrected chi connectivity index (χ1v) is 6.24. The largest absolute Gasteiger partial charge is 0.329 e. The predicted octanol–water partition coefficient (Wildman–Crippen LogP) is 3.82. The highest BCUT2D eigenvalue weighted by Gasteiger charge is 2.20. The molecule has 2 heteroatoms. The van der Waals surface area contributed by atoms with E-state index in [9.17, 15) is 0 Å². The monoisotopic (exact) mass is 206 g/mol. The Morgan fingerprint density at radius 2 is 1.93 bits per heavy atom. The first-order chi connectivity index (χ1) is 7.20. The van der Waals surface area contributed by atoms with Gasteiger partial charge in [-0.15, -0.1) is 0 Å². The molecule has 2 nitrogen and oxygen atoms in total. The molecule has 0 spiro atoms. The topological polar surface area (TPSA) is 17.8 Å². The van der Waals surface area contributed by atoms with Crippen molar-refractivity contribution >= 4 is 0 Å².